The van der Waals surface area contributed by atoms with Crippen molar-refractivity contribution in [3.8, 4) is 5.75 Å². The second-order valence-corrected chi connectivity index (χ2v) is 6.70. The third-order valence-corrected chi connectivity index (χ3v) is 4.73. The van der Waals surface area contributed by atoms with Crippen LogP contribution in [0.4, 0.5) is 4.39 Å². The third-order valence-electron chi connectivity index (χ3n) is 3.25. The number of hydrogen-bond acceptors (Lipinski definition) is 3. The summed E-state index contributed by atoms with van der Waals surface area (Å²) in [7, 11) is -2.14. The number of aryl methyl sites for hydroxylation is 1. The van der Waals surface area contributed by atoms with Gasteiger partial charge in [0.25, 0.3) is 0 Å². The molecule has 0 radical (unpaired) electrons. The number of hydrogen-bond donors (Lipinski definition) is 1. The minimum atomic E-state index is -3.54. The van der Waals surface area contributed by atoms with Crippen LogP contribution in [0.3, 0.4) is 0 Å². The molecule has 118 valence electrons. The molecule has 2 aromatic rings. The fourth-order valence-corrected chi connectivity index (χ4v) is 3.03. The lowest BCUT2D eigenvalue weighted by molar-refractivity contribution is 0.386. The molecule has 0 saturated heterocycles. The Balaban J connectivity index is 1.98. The van der Waals surface area contributed by atoms with Gasteiger partial charge in [-0.05, 0) is 43.2 Å². The van der Waals surface area contributed by atoms with Crippen LogP contribution in [0.15, 0.2) is 47.4 Å². The van der Waals surface area contributed by atoms with Crippen LogP contribution in [0.2, 0.25) is 0 Å². The third kappa shape index (κ3) is 4.05. The van der Waals surface area contributed by atoms with Crippen molar-refractivity contribution in [2.75, 3.05) is 13.7 Å². The quantitative estimate of drug-likeness (QED) is 0.889. The molecule has 0 bridgehead atoms. The zero-order chi connectivity index (χ0) is 16.2. The SMILES string of the molecule is COc1ccc(CCNS(=O)(=O)c2ccc(C)cc2)cc1F. The van der Waals surface area contributed by atoms with E-state index in [-0.39, 0.29) is 17.2 Å². The van der Waals surface area contributed by atoms with Gasteiger partial charge in [0, 0.05) is 6.54 Å². The first-order valence-electron chi connectivity index (χ1n) is 6.81. The Labute approximate surface area is 130 Å². The molecule has 4 nitrogen and oxygen atoms in total. The summed E-state index contributed by atoms with van der Waals surface area (Å²) in [5, 5.41) is 0. The molecule has 0 saturated carbocycles. The Hall–Kier alpha value is -1.92. The summed E-state index contributed by atoms with van der Waals surface area (Å²) in [6.45, 7) is 2.09. The highest BCUT2D eigenvalue weighted by molar-refractivity contribution is 7.89. The van der Waals surface area contributed by atoms with Gasteiger partial charge in [-0.15, -0.1) is 0 Å². The molecule has 6 heteroatoms. The maximum absolute atomic E-state index is 13.6. The highest BCUT2D eigenvalue weighted by atomic mass is 32.2. The first-order chi connectivity index (χ1) is 10.4. The van der Waals surface area contributed by atoms with E-state index < -0.39 is 15.8 Å². The summed E-state index contributed by atoms with van der Waals surface area (Å²) < 4.78 is 45.1. The van der Waals surface area contributed by atoms with Crippen molar-refractivity contribution in [1.82, 2.24) is 4.72 Å². The zero-order valence-corrected chi connectivity index (χ0v) is 13.3. The van der Waals surface area contributed by atoms with Crippen molar-refractivity contribution in [2.24, 2.45) is 0 Å². The molecule has 0 heterocycles. The van der Waals surface area contributed by atoms with Gasteiger partial charge in [-0.25, -0.2) is 17.5 Å². The van der Waals surface area contributed by atoms with E-state index >= 15 is 0 Å². The van der Waals surface area contributed by atoms with Crippen molar-refractivity contribution in [3.63, 3.8) is 0 Å². The molecule has 0 aliphatic heterocycles. The summed E-state index contributed by atoms with van der Waals surface area (Å²) in [5.74, 6) is -0.287. The number of ether oxygens (including phenoxy) is 1. The summed E-state index contributed by atoms with van der Waals surface area (Å²) in [6.07, 6.45) is 0.395. The number of benzene rings is 2. The zero-order valence-electron chi connectivity index (χ0n) is 12.5. The van der Waals surface area contributed by atoms with Gasteiger partial charge in [0.15, 0.2) is 11.6 Å². The molecule has 0 spiro atoms. The predicted molar refractivity (Wildman–Crippen MR) is 83.0 cm³/mol. The summed E-state index contributed by atoms with van der Waals surface area (Å²) >= 11 is 0. The minimum Gasteiger partial charge on any atom is -0.494 e. The largest absolute Gasteiger partial charge is 0.494 e. The molecule has 0 aliphatic carbocycles. The van der Waals surface area contributed by atoms with E-state index in [9.17, 15) is 12.8 Å². The fraction of sp³-hybridized carbons (Fsp3) is 0.250. The molecule has 0 aliphatic rings. The molecule has 1 N–H and O–H groups in total. The first kappa shape index (κ1) is 16.5. The van der Waals surface area contributed by atoms with E-state index in [1.807, 2.05) is 6.92 Å². The molecular formula is C16H18FNO3S. The maximum atomic E-state index is 13.6. The van der Waals surface area contributed by atoms with E-state index in [0.717, 1.165) is 5.56 Å². The molecule has 0 unspecified atom stereocenters. The molecule has 0 fully saturated rings. The molecule has 0 aromatic heterocycles. The topological polar surface area (TPSA) is 55.4 Å². The molecule has 2 rings (SSSR count). The fourth-order valence-electron chi connectivity index (χ4n) is 2.00. The second-order valence-electron chi connectivity index (χ2n) is 4.93. The maximum Gasteiger partial charge on any atom is 0.240 e. The Morgan fingerprint density at radius 1 is 1.14 bits per heavy atom. The lowest BCUT2D eigenvalue weighted by atomic mass is 10.1. The smallest absolute Gasteiger partial charge is 0.240 e. The van der Waals surface area contributed by atoms with Crippen LogP contribution in [0.5, 0.6) is 5.75 Å². The van der Waals surface area contributed by atoms with E-state index in [0.29, 0.717) is 12.0 Å². The first-order valence-corrected chi connectivity index (χ1v) is 8.29. The Morgan fingerprint density at radius 3 is 2.41 bits per heavy atom. The summed E-state index contributed by atoms with van der Waals surface area (Å²) in [6, 6.07) is 11.2. The Morgan fingerprint density at radius 2 is 1.82 bits per heavy atom. The van der Waals surface area contributed by atoms with Crippen LogP contribution >= 0.6 is 0 Å². The van der Waals surface area contributed by atoms with Crippen molar-refractivity contribution in [1.29, 1.82) is 0 Å². The number of methoxy groups -OCH3 is 1. The predicted octanol–water partition coefficient (Wildman–Crippen LogP) is 2.66. The Kier molecular flexibility index (Phi) is 5.15. The van der Waals surface area contributed by atoms with Crippen LogP contribution in [0, 0.1) is 12.7 Å². The molecule has 22 heavy (non-hydrogen) atoms. The highest BCUT2D eigenvalue weighted by Gasteiger charge is 2.13. The van der Waals surface area contributed by atoms with Gasteiger partial charge < -0.3 is 4.74 Å². The van der Waals surface area contributed by atoms with Crippen LogP contribution < -0.4 is 9.46 Å². The van der Waals surface area contributed by atoms with E-state index in [2.05, 4.69) is 4.72 Å². The molecule has 0 amide bonds. The molecular weight excluding hydrogens is 305 g/mol. The second kappa shape index (κ2) is 6.89. The highest BCUT2D eigenvalue weighted by Crippen LogP contribution is 2.18. The lowest BCUT2D eigenvalue weighted by Gasteiger charge is -2.08. The van der Waals surface area contributed by atoms with Crippen molar-refractivity contribution in [3.05, 3.63) is 59.4 Å². The van der Waals surface area contributed by atoms with Gasteiger partial charge in [-0.1, -0.05) is 23.8 Å². The van der Waals surface area contributed by atoms with Gasteiger partial charge in [-0.2, -0.15) is 0 Å². The number of rotatable bonds is 6. The number of halogens is 1. The van der Waals surface area contributed by atoms with E-state index in [1.54, 1.807) is 30.3 Å². The average molecular weight is 323 g/mol. The van der Waals surface area contributed by atoms with Gasteiger partial charge >= 0.3 is 0 Å². The van der Waals surface area contributed by atoms with Gasteiger partial charge in [0.1, 0.15) is 0 Å². The van der Waals surface area contributed by atoms with Crippen LogP contribution in [0.1, 0.15) is 11.1 Å². The monoisotopic (exact) mass is 323 g/mol. The van der Waals surface area contributed by atoms with Gasteiger partial charge in [0.2, 0.25) is 10.0 Å². The van der Waals surface area contributed by atoms with Crippen molar-refractivity contribution < 1.29 is 17.5 Å². The summed E-state index contributed by atoms with van der Waals surface area (Å²) in [4.78, 5) is 0.221. The minimum absolute atomic E-state index is 0.170. The van der Waals surface area contributed by atoms with Gasteiger partial charge in [-0.3, -0.25) is 0 Å². The number of nitrogens with one attached hydrogen (secondary N) is 1. The van der Waals surface area contributed by atoms with Crippen LogP contribution in [0.25, 0.3) is 0 Å². The van der Waals surface area contributed by atoms with Crippen LogP contribution in [-0.4, -0.2) is 22.1 Å². The Bertz CT molecular complexity index is 742. The van der Waals surface area contributed by atoms with Gasteiger partial charge in [0.05, 0.1) is 12.0 Å². The molecule has 0 atom stereocenters. The van der Waals surface area contributed by atoms with E-state index in [4.69, 9.17) is 4.74 Å². The average Bonchev–Trinajstić information content (AvgIpc) is 2.48. The van der Waals surface area contributed by atoms with E-state index in [1.165, 1.54) is 19.2 Å². The number of sulfonamides is 1. The molecule has 2 aromatic carbocycles. The summed E-state index contributed by atoms with van der Waals surface area (Å²) in [5.41, 5.74) is 1.69. The van der Waals surface area contributed by atoms with Crippen molar-refractivity contribution >= 4 is 10.0 Å². The van der Waals surface area contributed by atoms with Crippen LogP contribution in [-0.2, 0) is 16.4 Å². The normalized spacial score (nSPS) is 11.4. The lowest BCUT2D eigenvalue weighted by Crippen LogP contribution is -2.26. The van der Waals surface area contributed by atoms with Crippen molar-refractivity contribution in [2.45, 2.75) is 18.2 Å². The standard InChI is InChI=1S/C16H18FNO3S/c1-12-3-6-14(7-4-12)22(19,20)18-10-9-13-5-8-16(21-2)15(17)11-13/h3-8,11,18H,9-10H2,1-2H3.